The molecule has 0 aliphatic rings. The average molecular weight is 282 g/mol. The van der Waals surface area contributed by atoms with Crippen LogP contribution in [-0.2, 0) is 13.0 Å². The molecule has 1 nitrogen and oxygen atoms in total. The molecule has 100 valence electrons. The number of hydrogen-bond acceptors (Lipinski definition) is 1. The lowest BCUT2D eigenvalue weighted by Crippen LogP contribution is -2.16. The summed E-state index contributed by atoms with van der Waals surface area (Å²) in [7, 11) is 0. The van der Waals surface area contributed by atoms with Gasteiger partial charge in [-0.25, -0.2) is 8.78 Å². The smallest absolute Gasteiger partial charge is 0.126 e. The Kier molecular flexibility index (Phi) is 4.88. The fourth-order valence-corrected chi connectivity index (χ4v) is 1.96. The Labute approximate surface area is 116 Å². The Hall–Kier alpha value is -1.45. The summed E-state index contributed by atoms with van der Waals surface area (Å²) in [4.78, 5) is 0. The first-order chi connectivity index (χ1) is 9.13. The van der Waals surface area contributed by atoms with Gasteiger partial charge in [0, 0.05) is 17.6 Å². The molecule has 0 atom stereocenters. The molecule has 0 heterocycles. The third-order valence-electron chi connectivity index (χ3n) is 2.76. The predicted octanol–water partition coefficient (Wildman–Crippen LogP) is 3.95. The van der Waals surface area contributed by atoms with E-state index in [0.29, 0.717) is 17.1 Å². The van der Waals surface area contributed by atoms with Gasteiger partial charge in [0.2, 0.25) is 0 Å². The molecule has 2 aromatic carbocycles. The van der Waals surface area contributed by atoms with Gasteiger partial charge in [-0.1, -0.05) is 23.7 Å². The Balaban J connectivity index is 1.79. The molecule has 0 fully saturated rings. The lowest BCUT2D eigenvalue weighted by atomic mass is 10.1. The third kappa shape index (κ3) is 4.62. The molecular weight excluding hydrogens is 268 g/mol. The summed E-state index contributed by atoms with van der Waals surface area (Å²) in [5, 5.41) is 3.87. The van der Waals surface area contributed by atoms with Crippen LogP contribution in [0.3, 0.4) is 0 Å². The number of halogens is 3. The highest BCUT2D eigenvalue weighted by Gasteiger charge is 2.00. The summed E-state index contributed by atoms with van der Waals surface area (Å²) in [6, 6.07) is 11.2. The first-order valence-corrected chi connectivity index (χ1v) is 6.41. The van der Waals surface area contributed by atoms with E-state index in [0.717, 1.165) is 19.0 Å². The molecule has 0 aliphatic carbocycles. The van der Waals surface area contributed by atoms with Gasteiger partial charge in [0.05, 0.1) is 0 Å². The largest absolute Gasteiger partial charge is 0.312 e. The highest BCUT2D eigenvalue weighted by atomic mass is 35.5. The highest BCUT2D eigenvalue weighted by Crippen LogP contribution is 2.10. The molecule has 0 amide bonds. The lowest BCUT2D eigenvalue weighted by molar-refractivity contribution is 0.575. The monoisotopic (exact) mass is 281 g/mol. The molecular formula is C15H14ClF2N. The van der Waals surface area contributed by atoms with Crippen molar-refractivity contribution in [1.82, 2.24) is 5.32 Å². The molecule has 0 saturated heterocycles. The minimum absolute atomic E-state index is 0.447. The van der Waals surface area contributed by atoms with Crippen molar-refractivity contribution in [2.24, 2.45) is 0 Å². The van der Waals surface area contributed by atoms with Gasteiger partial charge in [-0.3, -0.25) is 0 Å². The molecule has 4 heteroatoms. The maximum atomic E-state index is 13.0. The third-order valence-corrected chi connectivity index (χ3v) is 3.01. The van der Waals surface area contributed by atoms with E-state index in [-0.39, 0.29) is 0 Å². The minimum atomic E-state index is -0.547. The van der Waals surface area contributed by atoms with E-state index >= 15 is 0 Å². The molecule has 0 bridgehead atoms. The lowest BCUT2D eigenvalue weighted by Gasteiger charge is -2.06. The van der Waals surface area contributed by atoms with E-state index in [4.69, 9.17) is 11.6 Å². The summed E-state index contributed by atoms with van der Waals surface area (Å²) in [6.07, 6.45) is 0.842. The van der Waals surface area contributed by atoms with Crippen molar-refractivity contribution in [3.8, 4) is 0 Å². The maximum absolute atomic E-state index is 13.0. The van der Waals surface area contributed by atoms with Crippen LogP contribution in [0.2, 0.25) is 5.02 Å². The first kappa shape index (κ1) is 14.0. The van der Waals surface area contributed by atoms with Gasteiger partial charge in [-0.2, -0.15) is 0 Å². The zero-order valence-electron chi connectivity index (χ0n) is 10.3. The molecule has 19 heavy (non-hydrogen) atoms. The van der Waals surface area contributed by atoms with Gasteiger partial charge in [0.1, 0.15) is 11.6 Å². The second-order valence-electron chi connectivity index (χ2n) is 4.33. The standard InChI is InChI=1S/C15H14ClF2N/c16-13-3-1-11(2-4-13)5-6-19-10-12-7-14(17)9-15(18)8-12/h1-4,7-9,19H,5-6,10H2. The molecule has 2 aromatic rings. The minimum Gasteiger partial charge on any atom is -0.312 e. The van der Waals surface area contributed by atoms with Crippen molar-refractivity contribution < 1.29 is 8.78 Å². The van der Waals surface area contributed by atoms with Crippen LogP contribution in [-0.4, -0.2) is 6.54 Å². The van der Waals surface area contributed by atoms with E-state index in [1.807, 2.05) is 24.3 Å². The molecule has 0 aromatic heterocycles. The Bertz CT molecular complexity index is 520. The van der Waals surface area contributed by atoms with Gasteiger partial charge < -0.3 is 5.32 Å². The Morgan fingerprint density at radius 3 is 2.16 bits per heavy atom. The molecule has 0 radical (unpaired) electrons. The Morgan fingerprint density at radius 2 is 1.53 bits per heavy atom. The Morgan fingerprint density at radius 1 is 0.895 bits per heavy atom. The van der Waals surface area contributed by atoms with E-state index in [1.54, 1.807) is 0 Å². The number of hydrogen-bond donors (Lipinski definition) is 1. The van der Waals surface area contributed by atoms with Crippen molar-refractivity contribution in [3.05, 3.63) is 70.2 Å². The topological polar surface area (TPSA) is 12.0 Å². The fourth-order valence-electron chi connectivity index (χ4n) is 1.83. The quantitative estimate of drug-likeness (QED) is 0.818. The van der Waals surface area contributed by atoms with Crippen LogP contribution in [0.15, 0.2) is 42.5 Å². The van der Waals surface area contributed by atoms with Gasteiger partial charge in [0.15, 0.2) is 0 Å². The normalized spacial score (nSPS) is 10.7. The maximum Gasteiger partial charge on any atom is 0.126 e. The molecule has 2 rings (SSSR count). The number of nitrogens with one attached hydrogen (secondary N) is 1. The average Bonchev–Trinajstić information content (AvgIpc) is 2.36. The fraction of sp³-hybridized carbons (Fsp3) is 0.200. The number of benzene rings is 2. The first-order valence-electron chi connectivity index (χ1n) is 6.03. The van der Waals surface area contributed by atoms with Crippen molar-refractivity contribution in [2.75, 3.05) is 6.54 Å². The second kappa shape index (κ2) is 6.64. The van der Waals surface area contributed by atoms with E-state index in [1.165, 1.54) is 17.7 Å². The van der Waals surface area contributed by atoms with Crippen molar-refractivity contribution in [3.63, 3.8) is 0 Å². The summed E-state index contributed by atoms with van der Waals surface area (Å²) in [5.74, 6) is -1.09. The summed E-state index contributed by atoms with van der Waals surface area (Å²) in [5.41, 5.74) is 1.77. The van der Waals surface area contributed by atoms with Gasteiger partial charge in [-0.15, -0.1) is 0 Å². The predicted molar refractivity (Wildman–Crippen MR) is 73.2 cm³/mol. The summed E-state index contributed by atoms with van der Waals surface area (Å²) in [6.45, 7) is 1.18. The van der Waals surface area contributed by atoms with Crippen LogP contribution in [0.5, 0.6) is 0 Å². The molecule has 0 spiro atoms. The highest BCUT2D eigenvalue weighted by molar-refractivity contribution is 6.30. The molecule has 0 saturated carbocycles. The second-order valence-corrected chi connectivity index (χ2v) is 4.77. The zero-order chi connectivity index (χ0) is 13.7. The van der Waals surface area contributed by atoms with Crippen LogP contribution >= 0.6 is 11.6 Å². The van der Waals surface area contributed by atoms with Crippen LogP contribution < -0.4 is 5.32 Å². The van der Waals surface area contributed by atoms with Gasteiger partial charge in [-0.05, 0) is 48.4 Å². The van der Waals surface area contributed by atoms with Gasteiger partial charge >= 0.3 is 0 Å². The molecule has 0 aliphatic heterocycles. The van der Waals surface area contributed by atoms with E-state index in [9.17, 15) is 8.78 Å². The SMILES string of the molecule is Fc1cc(F)cc(CNCCc2ccc(Cl)cc2)c1. The van der Waals surface area contributed by atoms with Crippen molar-refractivity contribution in [2.45, 2.75) is 13.0 Å². The van der Waals surface area contributed by atoms with Crippen LogP contribution in [0, 0.1) is 11.6 Å². The van der Waals surface area contributed by atoms with Gasteiger partial charge in [0.25, 0.3) is 0 Å². The number of rotatable bonds is 5. The molecule has 0 unspecified atom stereocenters. The summed E-state index contributed by atoms with van der Waals surface area (Å²) >= 11 is 5.80. The van der Waals surface area contributed by atoms with E-state index in [2.05, 4.69) is 5.32 Å². The van der Waals surface area contributed by atoms with Crippen molar-refractivity contribution in [1.29, 1.82) is 0 Å². The summed E-state index contributed by atoms with van der Waals surface area (Å²) < 4.78 is 25.9. The van der Waals surface area contributed by atoms with Crippen LogP contribution in [0.4, 0.5) is 8.78 Å². The zero-order valence-corrected chi connectivity index (χ0v) is 11.1. The van der Waals surface area contributed by atoms with Crippen LogP contribution in [0.25, 0.3) is 0 Å². The van der Waals surface area contributed by atoms with Crippen LogP contribution in [0.1, 0.15) is 11.1 Å². The van der Waals surface area contributed by atoms with Crippen molar-refractivity contribution >= 4 is 11.6 Å². The molecule has 1 N–H and O–H groups in total. The van der Waals surface area contributed by atoms with E-state index < -0.39 is 11.6 Å².